The Morgan fingerprint density at radius 2 is 2.12 bits per heavy atom. The number of thiazole rings is 1. The van der Waals surface area contributed by atoms with Gasteiger partial charge in [-0.25, -0.2) is 9.78 Å². The van der Waals surface area contributed by atoms with Crippen LogP contribution in [0.3, 0.4) is 0 Å². The van der Waals surface area contributed by atoms with Crippen molar-refractivity contribution in [3.05, 3.63) is 53.1 Å². The van der Waals surface area contributed by atoms with Crippen molar-refractivity contribution >= 4 is 55.8 Å². The van der Waals surface area contributed by atoms with Crippen LogP contribution in [-0.2, 0) is 4.74 Å². The molecule has 26 heavy (non-hydrogen) atoms. The van der Waals surface area contributed by atoms with Crippen LogP contribution in [0.15, 0.2) is 42.6 Å². The molecule has 0 saturated heterocycles. The second-order valence-corrected chi connectivity index (χ2v) is 6.77. The van der Waals surface area contributed by atoms with E-state index in [0.717, 1.165) is 16.0 Å². The van der Waals surface area contributed by atoms with E-state index in [1.54, 1.807) is 23.8 Å². The average Bonchev–Trinajstić information content (AvgIpc) is 3.26. The van der Waals surface area contributed by atoms with Gasteiger partial charge in [0.25, 0.3) is 11.8 Å². The first-order valence-electron chi connectivity index (χ1n) is 7.27. The van der Waals surface area contributed by atoms with Crippen LogP contribution in [0.25, 0.3) is 10.2 Å². The maximum absolute atomic E-state index is 12.4. The van der Waals surface area contributed by atoms with Gasteiger partial charge < -0.3 is 10.1 Å². The molecule has 0 atom stereocenters. The summed E-state index contributed by atoms with van der Waals surface area (Å²) in [6.45, 7) is 3.39. The Kier molecular flexibility index (Phi) is 5.34. The van der Waals surface area contributed by atoms with Gasteiger partial charge in [0.1, 0.15) is 17.1 Å². The Morgan fingerprint density at radius 1 is 1.27 bits per heavy atom. The van der Waals surface area contributed by atoms with Gasteiger partial charge in [0.15, 0.2) is 5.01 Å². The lowest BCUT2D eigenvalue weighted by atomic mass is 10.3. The molecule has 0 aromatic carbocycles. The minimum absolute atomic E-state index is 0.0151. The van der Waals surface area contributed by atoms with E-state index in [0.29, 0.717) is 10.5 Å². The Morgan fingerprint density at radius 3 is 2.88 bits per heavy atom. The molecule has 3 heterocycles. The number of carbonyl (C=O) groups excluding carboxylic acids is 3. The van der Waals surface area contributed by atoms with Gasteiger partial charge in [0, 0.05) is 6.20 Å². The second kappa shape index (κ2) is 7.85. The van der Waals surface area contributed by atoms with E-state index < -0.39 is 17.9 Å². The van der Waals surface area contributed by atoms with Gasteiger partial charge in [-0.1, -0.05) is 12.7 Å². The summed E-state index contributed by atoms with van der Waals surface area (Å²) in [5, 5.41) is 6.90. The summed E-state index contributed by atoms with van der Waals surface area (Å²) in [4.78, 5) is 44.2. The highest BCUT2D eigenvalue weighted by atomic mass is 32.1. The molecule has 0 aliphatic carbocycles. The molecule has 0 bridgehead atoms. The number of amides is 3. The molecule has 8 nitrogen and oxygen atoms in total. The molecule has 3 rings (SSSR count). The number of nitrogens with zero attached hydrogens (tertiary/aromatic N) is 2. The number of hydrogen-bond acceptors (Lipinski definition) is 8. The Balaban J connectivity index is 1.71. The van der Waals surface area contributed by atoms with Crippen LogP contribution in [0, 0.1) is 0 Å². The lowest BCUT2D eigenvalue weighted by molar-refractivity contribution is 0.0930. The number of thiophene rings is 1. The quantitative estimate of drug-likeness (QED) is 0.650. The van der Waals surface area contributed by atoms with Crippen molar-refractivity contribution in [3.63, 3.8) is 0 Å². The van der Waals surface area contributed by atoms with Crippen molar-refractivity contribution in [3.8, 4) is 0 Å². The monoisotopic (exact) mass is 388 g/mol. The number of imide groups is 1. The maximum Gasteiger partial charge on any atom is 0.414 e. The van der Waals surface area contributed by atoms with E-state index in [1.165, 1.54) is 23.5 Å². The number of ether oxygens (including phenoxy) is 1. The number of pyridine rings is 1. The Hall–Kier alpha value is -3.11. The topological polar surface area (TPSA) is 110 Å². The fourth-order valence-electron chi connectivity index (χ4n) is 1.95. The Labute approximate surface area is 155 Å². The summed E-state index contributed by atoms with van der Waals surface area (Å²) < 4.78 is 5.53. The number of fused-ring (bicyclic) bond motifs is 1. The zero-order chi connectivity index (χ0) is 18.5. The van der Waals surface area contributed by atoms with Crippen molar-refractivity contribution < 1.29 is 19.1 Å². The highest BCUT2D eigenvalue weighted by Gasteiger charge is 2.20. The van der Waals surface area contributed by atoms with Gasteiger partial charge >= 0.3 is 6.09 Å². The molecule has 3 amide bonds. The molecular weight excluding hydrogens is 376 g/mol. The maximum atomic E-state index is 12.4. The third-order valence-electron chi connectivity index (χ3n) is 3.07. The fraction of sp³-hybridized carbons (Fsp3) is 0.0625. The van der Waals surface area contributed by atoms with Crippen molar-refractivity contribution in [1.29, 1.82) is 0 Å². The van der Waals surface area contributed by atoms with Gasteiger partial charge in [-0.2, -0.15) is 0 Å². The Bertz CT molecular complexity index is 962. The molecule has 3 aromatic heterocycles. The lowest BCUT2D eigenvalue weighted by Gasteiger charge is -2.06. The summed E-state index contributed by atoms with van der Waals surface area (Å²) in [5.74, 6) is -1.12. The second-order valence-electron chi connectivity index (χ2n) is 4.82. The van der Waals surface area contributed by atoms with Crippen molar-refractivity contribution in [1.82, 2.24) is 15.3 Å². The van der Waals surface area contributed by atoms with E-state index in [2.05, 4.69) is 27.2 Å². The summed E-state index contributed by atoms with van der Waals surface area (Å²) in [5.41, 5.74) is 0.776. The molecule has 3 aromatic rings. The zero-order valence-corrected chi connectivity index (χ0v) is 14.9. The number of nitrogens with one attached hydrogen (secondary N) is 2. The average molecular weight is 388 g/mol. The van der Waals surface area contributed by atoms with Crippen LogP contribution in [0.2, 0.25) is 0 Å². The first kappa shape index (κ1) is 17.7. The van der Waals surface area contributed by atoms with Crippen LogP contribution in [0.5, 0.6) is 0 Å². The predicted octanol–water partition coefficient (Wildman–Crippen LogP) is 3.06. The highest BCUT2D eigenvalue weighted by molar-refractivity contribution is 7.20. The van der Waals surface area contributed by atoms with Crippen molar-refractivity contribution in [2.45, 2.75) is 0 Å². The highest BCUT2D eigenvalue weighted by Crippen LogP contribution is 2.26. The number of carbonyl (C=O) groups is 3. The van der Waals surface area contributed by atoms with E-state index in [1.807, 2.05) is 0 Å². The number of rotatable bonds is 5. The minimum Gasteiger partial charge on any atom is -0.445 e. The molecule has 0 aliphatic heterocycles. The van der Waals surface area contributed by atoms with Gasteiger partial charge in [-0.3, -0.25) is 19.9 Å². The molecule has 0 spiro atoms. The van der Waals surface area contributed by atoms with Gasteiger partial charge in [0.05, 0.1) is 16.5 Å². The number of anilines is 1. The van der Waals surface area contributed by atoms with Gasteiger partial charge in [0.2, 0.25) is 0 Å². The molecule has 0 unspecified atom stereocenters. The molecule has 10 heteroatoms. The van der Waals surface area contributed by atoms with Crippen LogP contribution >= 0.6 is 22.7 Å². The number of alkyl carbamates (subject to hydrolysis) is 1. The van der Waals surface area contributed by atoms with E-state index >= 15 is 0 Å². The first-order chi connectivity index (χ1) is 12.6. The van der Waals surface area contributed by atoms with Crippen molar-refractivity contribution in [2.24, 2.45) is 0 Å². The predicted molar refractivity (Wildman–Crippen MR) is 98.7 cm³/mol. The minimum atomic E-state index is -0.892. The molecular formula is C16H12N4O4S2. The smallest absolute Gasteiger partial charge is 0.414 e. The van der Waals surface area contributed by atoms with Crippen LogP contribution < -0.4 is 10.6 Å². The molecule has 0 aliphatic rings. The molecule has 0 fully saturated rings. The van der Waals surface area contributed by atoms with Gasteiger partial charge in [-0.05, 0) is 17.5 Å². The van der Waals surface area contributed by atoms with E-state index in [9.17, 15) is 14.4 Å². The normalized spacial score (nSPS) is 10.3. The summed E-state index contributed by atoms with van der Waals surface area (Å²) in [6.07, 6.45) is 3.68. The molecule has 0 radical (unpaired) electrons. The molecule has 0 saturated carbocycles. The van der Waals surface area contributed by atoms with Gasteiger partial charge in [-0.15, -0.1) is 22.7 Å². The van der Waals surface area contributed by atoms with E-state index in [-0.39, 0.29) is 17.2 Å². The summed E-state index contributed by atoms with van der Waals surface area (Å²) in [7, 11) is 0. The van der Waals surface area contributed by atoms with Crippen LogP contribution in [0.1, 0.15) is 20.2 Å². The third-order valence-corrected chi connectivity index (χ3v) is 4.93. The molecule has 132 valence electrons. The largest absolute Gasteiger partial charge is 0.445 e. The number of hydrogen-bond donors (Lipinski definition) is 2. The SMILES string of the molecule is C=CCOC(=O)NC(=O)c1ccsc1NC(=O)c1nc2cnccc2s1. The summed E-state index contributed by atoms with van der Waals surface area (Å²) >= 11 is 2.37. The third kappa shape index (κ3) is 3.92. The van der Waals surface area contributed by atoms with E-state index in [4.69, 9.17) is 4.74 Å². The summed E-state index contributed by atoms with van der Waals surface area (Å²) in [6, 6.07) is 3.27. The standard InChI is InChI=1S/C16H12N4O4S2/c1-2-6-24-16(23)20-12(21)9-4-7-25-14(9)19-13(22)15-18-10-8-17-5-3-11(10)26-15/h2-5,7-8H,1,6H2,(H,19,22)(H,20,21,23). The van der Waals surface area contributed by atoms with Crippen LogP contribution in [0.4, 0.5) is 9.80 Å². The van der Waals surface area contributed by atoms with Crippen molar-refractivity contribution in [2.75, 3.05) is 11.9 Å². The van der Waals surface area contributed by atoms with Crippen LogP contribution in [-0.4, -0.2) is 34.5 Å². The number of aromatic nitrogens is 2. The zero-order valence-electron chi connectivity index (χ0n) is 13.2. The first-order valence-corrected chi connectivity index (χ1v) is 8.96. The molecule has 2 N–H and O–H groups in total. The lowest BCUT2D eigenvalue weighted by Crippen LogP contribution is -2.31. The fourth-order valence-corrected chi connectivity index (χ4v) is 3.56.